The highest BCUT2D eigenvalue weighted by Gasteiger charge is 2.19. The van der Waals surface area contributed by atoms with Crippen LogP contribution in [-0.4, -0.2) is 37.2 Å². The summed E-state index contributed by atoms with van der Waals surface area (Å²) in [5.74, 6) is -0.849. The van der Waals surface area contributed by atoms with Gasteiger partial charge >= 0.3 is 17.9 Å². The van der Waals surface area contributed by atoms with Crippen molar-refractivity contribution in [3.05, 3.63) is 12.2 Å². The Morgan fingerprint density at radius 3 is 0.820 bits per heavy atom. The van der Waals surface area contributed by atoms with E-state index >= 15 is 0 Å². The number of carbonyl (C=O) groups excluding carboxylic acids is 3. The van der Waals surface area contributed by atoms with Crippen LogP contribution in [0.3, 0.4) is 0 Å². The second kappa shape index (κ2) is 50.8. The molecule has 0 aromatic carbocycles. The van der Waals surface area contributed by atoms with Gasteiger partial charge in [0.25, 0.3) is 0 Å². The van der Waals surface area contributed by atoms with Crippen LogP contribution < -0.4 is 0 Å². The molecule has 6 heteroatoms. The first-order valence-electron chi connectivity index (χ1n) is 27.2. The monoisotopic (exact) mass is 861 g/mol. The van der Waals surface area contributed by atoms with Gasteiger partial charge in [0.1, 0.15) is 13.2 Å². The van der Waals surface area contributed by atoms with Crippen LogP contribution in [0.4, 0.5) is 0 Å². The van der Waals surface area contributed by atoms with Gasteiger partial charge in [-0.05, 0) is 44.9 Å². The van der Waals surface area contributed by atoms with E-state index in [-0.39, 0.29) is 31.1 Å². The van der Waals surface area contributed by atoms with E-state index in [4.69, 9.17) is 14.2 Å². The predicted molar refractivity (Wildman–Crippen MR) is 261 cm³/mol. The van der Waals surface area contributed by atoms with Crippen LogP contribution in [-0.2, 0) is 28.6 Å². The molecular formula is C55H104O6. The number of carbonyl (C=O) groups is 3. The zero-order valence-electron chi connectivity index (χ0n) is 41.2. The zero-order chi connectivity index (χ0) is 44.4. The smallest absolute Gasteiger partial charge is 0.306 e. The number of ether oxygens (including phenoxy) is 3. The third kappa shape index (κ3) is 49.0. The maximum Gasteiger partial charge on any atom is 0.306 e. The molecule has 0 saturated carbocycles. The van der Waals surface area contributed by atoms with Crippen LogP contribution >= 0.6 is 0 Å². The second-order valence-corrected chi connectivity index (χ2v) is 18.5. The van der Waals surface area contributed by atoms with Crippen molar-refractivity contribution < 1.29 is 28.6 Å². The van der Waals surface area contributed by atoms with E-state index in [2.05, 4.69) is 32.9 Å². The molecule has 0 atom stereocenters. The molecule has 0 aliphatic heterocycles. The summed E-state index contributed by atoms with van der Waals surface area (Å²) in [6.45, 7) is 6.67. The number of esters is 3. The lowest BCUT2D eigenvalue weighted by molar-refractivity contribution is -0.167. The largest absolute Gasteiger partial charge is 0.462 e. The maximum absolute atomic E-state index is 12.8. The first-order chi connectivity index (χ1) is 30.0. The van der Waals surface area contributed by atoms with E-state index in [1.165, 1.54) is 205 Å². The molecular weight excluding hydrogens is 757 g/mol. The summed E-state index contributed by atoms with van der Waals surface area (Å²) >= 11 is 0. The molecule has 0 bridgehead atoms. The van der Waals surface area contributed by atoms with Gasteiger partial charge in [0, 0.05) is 19.3 Å². The fourth-order valence-corrected chi connectivity index (χ4v) is 8.14. The molecule has 0 fully saturated rings. The average molecular weight is 861 g/mol. The summed E-state index contributed by atoms with van der Waals surface area (Å²) in [4.78, 5) is 38.0. The summed E-state index contributed by atoms with van der Waals surface area (Å²) < 4.78 is 16.8. The lowest BCUT2D eigenvalue weighted by Gasteiger charge is -2.18. The Labute approximate surface area is 380 Å². The first-order valence-corrected chi connectivity index (χ1v) is 27.2. The van der Waals surface area contributed by atoms with Crippen molar-refractivity contribution in [2.24, 2.45) is 0 Å². The normalized spacial score (nSPS) is 11.5. The molecule has 0 amide bonds. The Balaban J connectivity index is 4.29. The number of hydrogen-bond donors (Lipinski definition) is 0. The second-order valence-electron chi connectivity index (χ2n) is 18.5. The van der Waals surface area contributed by atoms with Crippen molar-refractivity contribution in [1.29, 1.82) is 0 Å². The van der Waals surface area contributed by atoms with Gasteiger partial charge < -0.3 is 14.2 Å². The van der Waals surface area contributed by atoms with Crippen molar-refractivity contribution in [2.75, 3.05) is 13.2 Å². The molecule has 6 nitrogen and oxygen atoms in total. The molecule has 0 rings (SSSR count). The van der Waals surface area contributed by atoms with E-state index in [1.807, 2.05) is 0 Å². The van der Waals surface area contributed by atoms with Crippen molar-refractivity contribution in [1.82, 2.24) is 0 Å². The van der Waals surface area contributed by atoms with Gasteiger partial charge in [0.2, 0.25) is 0 Å². The molecule has 0 aromatic rings. The van der Waals surface area contributed by atoms with Crippen LogP contribution in [0.15, 0.2) is 12.2 Å². The minimum atomic E-state index is -0.764. The number of rotatable bonds is 50. The van der Waals surface area contributed by atoms with Gasteiger partial charge in [-0.15, -0.1) is 0 Å². The van der Waals surface area contributed by atoms with Crippen molar-refractivity contribution in [2.45, 2.75) is 309 Å². The van der Waals surface area contributed by atoms with Gasteiger partial charge in [-0.2, -0.15) is 0 Å². The SMILES string of the molecule is CCCCCCCC/C=C\CCCCCCCCCCCC(=O)OC(COC(=O)CCCCCCCCCCCCCC)COC(=O)CCCCCCCCCCCCCC. The summed E-state index contributed by atoms with van der Waals surface area (Å²) in [6, 6.07) is 0. The first kappa shape index (κ1) is 59.1. The molecule has 0 unspecified atom stereocenters. The van der Waals surface area contributed by atoms with Crippen molar-refractivity contribution in [3.8, 4) is 0 Å². The lowest BCUT2D eigenvalue weighted by atomic mass is 10.0. The number of unbranched alkanes of at least 4 members (excludes halogenated alkanes) is 37. The summed E-state index contributed by atoms with van der Waals surface area (Å²) in [7, 11) is 0. The van der Waals surface area contributed by atoms with Crippen LogP contribution in [0.1, 0.15) is 303 Å². The van der Waals surface area contributed by atoms with Gasteiger partial charge in [-0.3, -0.25) is 14.4 Å². The highest BCUT2D eigenvalue weighted by Crippen LogP contribution is 2.16. The van der Waals surface area contributed by atoms with Crippen LogP contribution in [0.25, 0.3) is 0 Å². The highest BCUT2D eigenvalue weighted by molar-refractivity contribution is 5.71. The molecule has 360 valence electrons. The summed E-state index contributed by atoms with van der Waals surface area (Å²) in [5.41, 5.74) is 0. The Morgan fingerprint density at radius 1 is 0.311 bits per heavy atom. The molecule has 0 N–H and O–H groups in total. The fraction of sp³-hybridized carbons (Fsp3) is 0.909. The summed E-state index contributed by atoms with van der Waals surface area (Å²) in [5, 5.41) is 0. The van der Waals surface area contributed by atoms with Gasteiger partial charge in [-0.25, -0.2) is 0 Å². The van der Waals surface area contributed by atoms with Crippen molar-refractivity contribution >= 4 is 17.9 Å². The summed E-state index contributed by atoms with van der Waals surface area (Å²) in [6.07, 6.45) is 56.2. The van der Waals surface area contributed by atoms with Gasteiger partial charge in [0.05, 0.1) is 0 Å². The molecule has 0 aromatic heterocycles. The van der Waals surface area contributed by atoms with E-state index in [1.54, 1.807) is 0 Å². The third-order valence-electron chi connectivity index (χ3n) is 12.3. The van der Waals surface area contributed by atoms with Crippen LogP contribution in [0.2, 0.25) is 0 Å². The molecule has 0 aliphatic carbocycles. The Bertz CT molecular complexity index is 903. The minimum absolute atomic E-state index is 0.0653. The fourth-order valence-electron chi connectivity index (χ4n) is 8.14. The highest BCUT2D eigenvalue weighted by atomic mass is 16.6. The number of hydrogen-bond acceptors (Lipinski definition) is 6. The Kier molecular flexibility index (Phi) is 49.3. The topological polar surface area (TPSA) is 78.9 Å². The quantitative estimate of drug-likeness (QED) is 0.0262. The average Bonchev–Trinajstić information content (AvgIpc) is 3.26. The van der Waals surface area contributed by atoms with E-state index in [9.17, 15) is 14.4 Å². The zero-order valence-corrected chi connectivity index (χ0v) is 41.2. The van der Waals surface area contributed by atoms with E-state index in [0.29, 0.717) is 19.3 Å². The third-order valence-corrected chi connectivity index (χ3v) is 12.3. The predicted octanol–water partition coefficient (Wildman–Crippen LogP) is 17.8. The standard InChI is InChI=1S/C55H104O6/c1-4-7-10-13-16-19-22-25-26-27-28-29-30-31-34-37-40-43-46-49-55(58)61-52(50-59-53(56)47-44-41-38-35-32-23-20-17-14-11-8-5-2)51-60-54(57)48-45-42-39-36-33-24-21-18-15-12-9-6-3/h25-26,52H,4-24,27-51H2,1-3H3/b26-25-. The van der Waals surface area contributed by atoms with E-state index < -0.39 is 6.10 Å². The molecule has 61 heavy (non-hydrogen) atoms. The molecule has 0 saturated heterocycles. The molecule has 0 spiro atoms. The van der Waals surface area contributed by atoms with Gasteiger partial charge in [0.15, 0.2) is 6.10 Å². The Morgan fingerprint density at radius 2 is 0.541 bits per heavy atom. The minimum Gasteiger partial charge on any atom is -0.462 e. The molecule has 0 heterocycles. The number of allylic oxidation sites excluding steroid dienone is 2. The maximum atomic E-state index is 12.8. The molecule has 0 radical (unpaired) electrons. The van der Waals surface area contributed by atoms with Crippen LogP contribution in [0, 0.1) is 0 Å². The van der Waals surface area contributed by atoms with Gasteiger partial charge in [-0.1, -0.05) is 251 Å². The lowest BCUT2D eigenvalue weighted by Crippen LogP contribution is -2.30. The molecule has 0 aliphatic rings. The Hall–Kier alpha value is -1.85. The van der Waals surface area contributed by atoms with Crippen LogP contribution in [0.5, 0.6) is 0 Å². The van der Waals surface area contributed by atoms with Crippen molar-refractivity contribution in [3.63, 3.8) is 0 Å². The van der Waals surface area contributed by atoms with E-state index in [0.717, 1.165) is 57.8 Å².